The van der Waals surface area contributed by atoms with E-state index in [1.807, 2.05) is 20.8 Å². The van der Waals surface area contributed by atoms with Gasteiger partial charge in [-0.05, 0) is 51.8 Å². The number of benzene rings is 1. The van der Waals surface area contributed by atoms with Crippen LogP contribution in [0.5, 0.6) is 0 Å². The molecule has 1 saturated heterocycles. The lowest BCUT2D eigenvalue weighted by Crippen LogP contribution is -2.51. The van der Waals surface area contributed by atoms with E-state index in [1.54, 1.807) is 30.0 Å². The van der Waals surface area contributed by atoms with Crippen molar-refractivity contribution in [1.29, 1.82) is 0 Å². The number of carbonyl (C=O) groups excluding carboxylic acids is 3. The zero-order valence-electron chi connectivity index (χ0n) is 22.2. The van der Waals surface area contributed by atoms with Crippen LogP contribution in [0.2, 0.25) is 0 Å². The van der Waals surface area contributed by atoms with E-state index in [9.17, 15) is 18.8 Å². The summed E-state index contributed by atoms with van der Waals surface area (Å²) in [5.74, 6) is -0.951. The van der Waals surface area contributed by atoms with Gasteiger partial charge in [0.25, 0.3) is 0 Å². The van der Waals surface area contributed by atoms with Crippen LogP contribution in [0.15, 0.2) is 48.2 Å². The van der Waals surface area contributed by atoms with E-state index in [0.29, 0.717) is 49.6 Å². The average molecular weight is 516 g/mol. The van der Waals surface area contributed by atoms with E-state index in [-0.39, 0.29) is 30.8 Å². The van der Waals surface area contributed by atoms with Gasteiger partial charge in [-0.2, -0.15) is 0 Å². The molecule has 202 valence electrons. The quantitative estimate of drug-likeness (QED) is 0.429. The highest BCUT2D eigenvalue weighted by Crippen LogP contribution is 2.32. The number of urea groups is 2. The summed E-state index contributed by atoms with van der Waals surface area (Å²) in [4.78, 5) is 44.6. The molecule has 1 atom stereocenters. The van der Waals surface area contributed by atoms with Crippen LogP contribution in [0.4, 0.5) is 14.0 Å². The number of amides is 4. The van der Waals surface area contributed by atoms with Gasteiger partial charge in [-0.1, -0.05) is 18.2 Å². The maximum absolute atomic E-state index is 13.6. The number of carbonyl (C=O) groups is 3. The zero-order chi connectivity index (χ0) is 27.2. The van der Waals surface area contributed by atoms with Gasteiger partial charge < -0.3 is 20.3 Å². The van der Waals surface area contributed by atoms with Gasteiger partial charge in [-0.15, -0.1) is 6.58 Å². The third-order valence-corrected chi connectivity index (χ3v) is 6.18. The van der Waals surface area contributed by atoms with E-state index in [1.165, 1.54) is 17.0 Å². The number of esters is 1. The number of rotatable bonds is 7. The molecule has 10 heteroatoms. The van der Waals surface area contributed by atoms with Gasteiger partial charge in [0, 0.05) is 50.5 Å². The fourth-order valence-corrected chi connectivity index (χ4v) is 4.49. The van der Waals surface area contributed by atoms with E-state index in [0.717, 1.165) is 6.42 Å². The van der Waals surface area contributed by atoms with Gasteiger partial charge in [0.15, 0.2) is 0 Å². The topological polar surface area (TPSA) is 94.2 Å². The zero-order valence-corrected chi connectivity index (χ0v) is 22.2. The molecule has 0 bridgehead atoms. The molecular weight excluding hydrogens is 477 g/mol. The SMILES string of the molecule is C=CCN1C(=O)NC(c2ccc(F)cc2)C(C(=O)OCC)=C1CN1CCCN(C(=O)NC(C)(C)C)CC1. The third-order valence-electron chi connectivity index (χ3n) is 6.18. The number of hydrogen-bond donors (Lipinski definition) is 2. The molecule has 0 aromatic heterocycles. The normalized spacial score (nSPS) is 19.3. The van der Waals surface area contributed by atoms with Gasteiger partial charge in [0.1, 0.15) is 5.82 Å². The lowest BCUT2D eigenvalue weighted by molar-refractivity contribution is -0.139. The third kappa shape index (κ3) is 7.31. The standard InChI is InChI=1S/C27H38FN5O4/c1-6-13-33-21(18-31-14-8-15-32(17-16-31)26(36)30-27(3,4)5)22(24(34)37-7-2)23(29-25(33)35)19-9-11-20(28)12-10-19/h6,9-12,23H,1,7-8,13-18H2,2-5H3,(H,29,35)(H,30,36). The summed E-state index contributed by atoms with van der Waals surface area (Å²) in [6, 6.07) is 4.43. The summed E-state index contributed by atoms with van der Waals surface area (Å²) in [5.41, 5.74) is 1.07. The first-order valence-electron chi connectivity index (χ1n) is 12.7. The van der Waals surface area contributed by atoms with Gasteiger partial charge in [-0.25, -0.2) is 18.8 Å². The minimum atomic E-state index is -0.788. The Bertz CT molecular complexity index is 1030. The molecule has 37 heavy (non-hydrogen) atoms. The summed E-state index contributed by atoms with van der Waals surface area (Å²) in [7, 11) is 0. The Morgan fingerprint density at radius 1 is 1.19 bits per heavy atom. The molecule has 0 aliphatic carbocycles. The number of nitrogens with zero attached hydrogens (tertiary/aromatic N) is 3. The fourth-order valence-electron chi connectivity index (χ4n) is 4.49. The number of hydrogen-bond acceptors (Lipinski definition) is 5. The molecule has 0 radical (unpaired) electrons. The van der Waals surface area contributed by atoms with Gasteiger partial charge in [0.2, 0.25) is 0 Å². The van der Waals surface area contributed by atoms with Crippen molar-refractivity contribution in [2.75, 3.05) is 45.9 Å². The molecule has 1 aromatic carbocycles. The molecule has 1 fully saturated rings. The Labute approximate surface area is 218 Å². The molecule has 2 aliphatic rings. The molecule has 4 amide bonds. The first-order chi connectivity index (χ1) is 17.5. The van der Waals surface area contributed by atoms with Crippen LogP contribution in [0.1, 0.15) is 45.7 Å². The minimum Gasteiger partial charge on any atom is -0.463 e. The molecular formula is C27H38FN5O4. The summed E-state index contributed by atoms with van der Waals surface area (Å²) < 4.78 is 19.0. The Morgan fingerprint density at radius 2 is 1.89 bits per heavy atom. The van der Waals surface area contributed by atoms with Crippen LogP contribution in [-0.4, -0.2) is 84.1 Å². The van der Waals surface area contributed by atoms with Crippen LogP contribution in [-0.2, 0) is 9.53 Å². The molecule has 1 aromatic rings. The van der Waals surface area contributed by atoms with Crippen molar-refractivity contribution >= 4 is 18.0 Å². The second-order valence-electron chi connectivity index (χ2n) is 10.2. The number of nitrogens with one attached hydrogen (secondary N) is 2. The second kappa shape index (κ2) is 12.2. The molecule has 0 spiro atoms. The first-order valence-corrected chi connectivity index (χ1v) is 12.7. The predicted molar refractivity (Wildman–Crippen MR) is 139 cm³/mol. The van der Waals surface area contributed by atoms with Crippen LogP contribution < -0.4 is 10.6 Å². The highest BCUT2D eigenvalue weighted by Gasteiger charge is 2.38. The average Bonchev–Trinajstić information content (AvgIpc) is 3.06. The van der Waals surface area contributed by atoms with Crippen LogP contribution in [0, 0.1) is 5.82 Å². The van der Waals surface area contributed by atoms with Crippen molar-refractivity contribution in [3.8, 4) is 0 Å². The van der Waals surface area contributed by atoms with Crippen LogP contribution >= 0.6 is 0 Å². The van der Waals surface area contributed by atoms with Crippen molar-refractivity contribution in [1.82, 2.24) is 25.3 Å². The van der Waals surface area contributed by atoms with E-state index in [2.05, 4.69) is 22.1 Å². The molecule has 2 aliphatic heterocycles. The van der Waals surface area contributed by atoms with Crippen molar-refractivity contribution in [3.63, 3.8) is 0 Å². The molecule has 9 nitrogen and oxygen atoms in total. The molecule has 2 N–H and O–H groups in total. The number of halogens is 1. The maximum Gasteiger partial charge on any atom is 0.338 e. The lowest BCUT2D eigenvalue weighted by atomic mass is 9.94. The van der Waals surface area contributed by atoms with E-state index < -0.39 is 17.8 Å². The van der Waals surface area contributed by atoms with Gasteiger partial charge >= 0.3 is 18.0 Å². The molecule has 1 unspecified atom stereocenters. The summed E-state index contributed by atoms with van der Waals surface area (Å²) in [5, 5.41) is 5.88. The highest BCUT2D eigenvalue weighted by atomic mass is 19.1. The summed E-state index contributed by atoms with van der Waals surface area (Å²) in [6.45, 7) is 14.4. The fraction of sp³-hybridized carbons (Fsp3) is 0.519. The Kier molecular flexibility index (Phi) is 9.31. The Morgan fingerprint density at radius 3 is 2.51 bits per heavy atom. The molecule has 3 rings (SSSR count). The van der Waals surface area contributed by atoms with Gasteiger partial charge in [0.05, 0.1) is 18.2 Å². The summed E-state index contributed by atoms with van der Waals surface area (Å²) in [6.07, 6.45) is 2.34. The van der Waals surface area contributed by atoms with Crippen LogP contribution in [0.25, 0.3) is 0 Å². The number of ether oxygens (including phenoxy) is 1. The Hall–Kier alpha value is -3.40. The monoisotopic (exact) mass is 515 g/mol. The smallest absolute Gasteiger partial charge is 0.338 e. The predicted octanol–water partition coefficient (Wildman–Crippen LogP) is 3.41. The summed E-state index contributed by atoms with van der Waals surface area (Å²) >= 11 is 0. The maximum atomic E-state index is 13.6. The van der Waals surface area contributed by atoms with Crippen LogP contribution in [0.3, 0.4) is 0 Å². The molecule has 0 saturated carbocycles. The largest absolute Gasteiger partial charge is 0.463 e. The minimum absolute atomic E-state index is 0.109. The van der Waals surface area contributed by atoms with E-state index >= 15 is 0 Å². The van der Waals surface area contributed by atoms with Crippen molar-refractivity contribution < 1.29 is 23.5 Å². The lowest BCUT2D eigenvalue weighted by Gasteiger charge is -2.38. The Balaban J connectivity index is 1.94. The first kappa shape index (κ1) is 28.2. The molecule has 2 heterocycles. The highest BCUT2D eigenvalue weighted by molar-refractivity contribution is 5.95. The second-order valence-corrected chi connectivity index (χ2v) is 10.2. The van der Waals surface area contributed by atoms with Crippen molar-refractivity contribution in [2.24, 2.45) is 0 Å². The van der Waals surface area contributed by atoms with E-state index in [4.69, 9.17) is 4.74 Å². The van der Waals surface area contributed by atoms with Crippen molar-refractivity contribution in [2.45, 2.75) is 45.7 Å². The van der Waals surface area contributed by atoms with Crippen molar-refractivity contribution in [3.05, 3.63) is 59.6 Å². The van der Waals surface area contributed by atoms with Gasteiger partial charge in [-0.3, -0.25) is 9.80 Å².